The summed E-state index contributed by atoms with van der Waals surface area (Å²) in [4.78, 5) is 31.0. The van der Waals surface area contributed by atoms with Crippen LogP contribution in [0.4, 0.5) is 0 Å². The molecule has 0 bridgehead atoms. The first kappa shape index (κ1) is 28.3. The van der Waals surface area contributed by atoms with Crippen LogP contribution in [0, 0.1) is 23.2 Å². The Hall–Kier alpha value is -1.70. The second-order valence-corrected chi connectivity index (χ2v) is 13.8. The fourth-order valence-corrected chi connectivity index (χ4v) is 7.79. The fourth-order valence-electron chi connectivity index (χ4n) is 6.99. The number of rotatable bonds is 9. The van der Waals surface area contributed by atoms with E-state index in [1.54, 1.807) is 4.90 Å². The maximum Gasteiger partial charge on any atom is 0.224 e. The van der Waals surface area contributed by atoms with Gasteiger partial charge in [-0.3, -0.25) is 14.5 Å². The van der Waals surface area contributed by atoms with Crippen LogP contribution < -0.4 is 10.0 Å². The summed E-state index contributed by atoms with van der Waals surface area (Å²) in [5, 5.41) is 13.3. The molecule has 37 heavy (non-hydrogen) atoms. The third kappa shape index (κ3) is 7.90. The van der Waals surface area contributed by atoms with E-state index < -0.39 is 21.5 Å². The van der Waals surface area contributed by atoms with E-state index in [0.29, 0.717) is 50.9 Å². The standard InChI is InChI=1S/C27H45N5O4S/c1-37(35,36)30-23-12-14-31(18-23)25(33)17-22(16-21-8-4-2-5-9-21)26(34)29-27(19-28)13-15-32(20-27)24-10-6-3-7-11-24/h21-24,30H,2-18,20H2,1H3,(H,29,34). The Balaban J connectivity index is 1.39. The van der Waals surface area contributed by atoms with Gasteiger partial charge in [0.2, 0.25) is 21.8 Å². The molecule has 4 rings (SSSR count). The summed E-state index contributed by atoms with van der Waals surface area (Å²) < 4.78 is 25.8. The van der Waals surface area contributed by atoms with Crippen LogP contribution in [-0.4, -0.2) is 80.1 Å². The Morgan fingerprint density at radius 3 is 2.35 bits per heavy atom. The van der Waals surface area contributed by atoms with Crippen molar-refractivity contribution in [2.24, 2.45) is 11.8 Å². The average molecular weight is 536 g/mol. The predicted octanol–water partition coefficient (Wildman–Crippen LogP) is 2.53. The molecular weight excluding hydrogens is 490 g/mol. The van der Waals surface area contributed by atoms with E-state index in [1.165, 1.54) is 38.5 Å². The number of hydrogen-bond acceptors (Lipinski definition) is 6. The molecule has 4 fully saturated rings. The number of nitrogens with one attached hydrogen (secondary N) is 2. The molecule has 2 amide bonds. The Kier molecular flexibility index (Phi) is 9.52. The molecule has 2 saturated heterocycles. The molecule has 0 aromatic heterocycles. The van der Waals surface area contributed by atoms with Crippen LogP contribution in [0.3, 0.4) is 0 Å². The minimum atomic E-state index is -3.34. The number of carbonyl (C=O) groups excluding carboxylic acids is 2. The van der Waals surface area contributed by atoms with E-state index in [1.807, 2.05) is 0 Å². The number of nitrogens with zero attached hydrogens (tertiary/aromatic N) is 3. The van der Waals surface area contributed by atoms with Crippen molar-refractivity contribution in [2.75, 3.05) is 32.4 Å². The SMILES string of the molecule is CS(=O)(=O)NC1CCN(C(=O)CC(CC2CCCCC2)C(=O)NC2(C#N)CCN(C3CCCCC3)C2)C1. The molecular formula is C27H45N5O4S. The van der Waals surface area contributed by atoms with Gasteiger partial charge in [-0.2, -0.15) is 5.26 Å². The summed E-state index contributed by atoms with van der Waals surface area (Å²) in [7, 11) is -3.34. The lowest BCUT2D eigenvalue weighted by atomic mass is 9.81. The lowest BCUT2D eigenvalue weighted by Crippen LogP contribution is -2.52. The third-order valence-electron chi connectivity index (χ3n) is 9.02. The van der Waals surface area contributed by atoms with Gasteiger partial charge in [-0.05, 0) is 38.0 Å². The molecule has 2 N–H and O–H groups in total. The highest BCUT2D eigenvalue weighted by molar-refractivity contribution is 7.88. The minimum absolute atomic E-state index is 0.102. The highest BCUT2D eigenvalue weighted by Crippen LogP contribution is 2.33. The van der Waals surface area contributed by atoms with Gasteiger partial charge in [0.1, 0.15) is 5.54 Å². The van der Waals surface area contributed by atoms with Crippen molar-refractivity contribution in [3.8, 4) is 6.07 Å². The van der Waals surface area contributed by atoms with E-state index >= 15 is 0 Å². The first-order chi connectivity index (χ1) is 17.7. The number of likely N-dealkylation sites (tertiary alicyclic amines) is 2. The van der Waals surface area contributed by atoms with Gasteiger partial charge >= 0.3 is 0 Å². The van der Waals surface area contributed by atoms with Gasteiger partial charge in [-0.15, -0.1) is 0 Å². The highest BCUT2D eigenvalue weighted by Gasteiger charge is 2.43. The van der Waals surface area contributed by atoms with Crippen LogP contribution in [0.5, 0.6) is 0 Å². The van der Waals surface area contributed by atoms with Crippen molar-refractivity contribution in [1.82, 2.24) is 19.8 Å². The molecule has 0 aromatic rings. The van der Waals surface area contributed by atoms with E-state index in [0.717, 1.165) is 38.5 Å². The topological polar surface area (TPSA) is 123 Å². The van der Waals surface area contributed by atoms with Gasteiger partial charge in [0.05, 0.1) is 12.3 Å². The molecule has 0 radical (unpaired) electrons. The lowest BCUT2D eigenvalue weighted by molar-refractivity contribution is -0.136. The van der Waals surface area contributed by atoms with Gasteiger partial charge in [0, 0.05) is 50.6 Å². The van der Waals surface area contributed by atoms with Gasteiger partial charge in [-0.1, -0.05) is 51.4 Å². The molecule has 9 nitrogen and oxygen atoms in total. The first-order valence-corrected chi connectivity index (χ1v) is 16.3. The van der Waals surface area contributed by atoms with Gasteiger partial charge in [-0.25, -0.2) is 13.1 Å². The molecule has 208 valence electrons. The quantitative estimate of drug-likeness (QED) is 0.468. The van der Waals surface area contributed by atoms with Crippen LogP contribution in [0.2, 0.25) is 0 Å². The highest BCUT2D eigenvalue weighted by atomic mass is 32.2. The Morgan fingerprint density at radius 1 is 1.03 bits per heavy atom. The molecule has 2 aliphatic carbocycles. The normalized spacial score (nSPS) is 29.2. The smallest absolute Gasteiger partial charge is 0.224 e. The van der Waals surface area contributed by atoms with Gasteiger partial charge in [0.15, 0.2) is 0 Å². The molecule has 10 heteroatoms. The van der Waals surface area contributed by atoms with E-state index in [2.05, 4.69) is 21.0 Å². The number of amides is 2. The van der Waals surface area contributed by atoms with Crippen LogP contribution in [0.25, 0.3) is 0 Å². The zero-order chi connectivity index (χ0) is 26.5. The maximum absolute atomic E-state index is 13.7. The van der Waals surface area contributed by atoms with Gasteiger partial charge in [0.25, 0.3) is 0 Å². The van der Waals surface area contributed by atoms with Crippen LogP contribution in [-0.2, 0) is 19.6 Å². The van der Waals surface area contributed by atoms with Crippen molar-refractivity contribution in [3.05, 3.63) is 0 Å². The summed E-state index contributed by atoms with van der Waals surface area (Å²) in [5.74, 6) is -0.312. The number of nitriles is 1. The molecule has 3 atom stereocenters. The Bertz CT molecular complexity index is 954. The summed E-state index contributed by atoms with van der Waals surface area (Å²) in [6.07, 6.45) is 14.9. The molecule has 3 unspecified atom stereocenters. The Morgan fingerprint density at radius 2 is 1.70 bits per heavy atom. The summed E-state index contributed by atoms with van der Waals surface area (Å²) in [5.41, 5.74) is -0.888. The molecule has 2 heterocycles. The zero-order valence-electron chi connectivity index (χ0n) is 22.4. The predicted molar refractivity (Wildman–Crippen MR) is 142 cm³/mol. The maximum atomic E-state index is 13.7. The summed E-state index contributed by atoms with van der Waals surface area (Å²) >= 11 is 0. The van der Waals surface area contributed by atoms with Crippen molar-refractivity contribution in [3.63, 3.8) is 0 Å². The number of carbonyl (C=O) groups is 2. The van der Waals surface area contributed by atoms with Crippen LogP contribution in [0.15, 0.2) is 0 Å². The lowest BCUT2D eigenvalue weighted by Gasteiger charge is -2.33. The Labute approximate surface area is 222 Å². The average Bonchev–Trinajstić information content (AvgIpc) is 3.51. The number of sulfonamides is 1. The first-order valence-electron chi connectivity index (χ1n) is 14.4. The molecule has 0 aromatic carbocycles. The van der Waals surface area contributed by atoms with E-state index in [-0.39, 0.29) is 24.3 Å². The largest absolute Gasteiger partial charge is 0.341 e. The van der Waals surface area contributed by atoms with Gasteiger partial charge < -0.3 is 10.2 Å². The van der Waals surface area contributed by atoms with Crippen LogP contribution >= 0.6 is 0 Å². The second kappa shape index (κ2) is 12.4. The van der Waals surface area contributed by atoms with Crippen molar-refractivity contribution >= 4 is 21.8 Å². The summed E-state index contributed by atoms with van der Waals surface area (Å²) in [6.45, 7) is 2.21. The molecule has 0 spiro atoms. The summed E-state index contributed by atoms with van der Waals surface area (Å²) in [6, 6.07) is 2.66. The van der Waals surface area contributed by atoms with E-state index in [9.17, 15) is 23.3 Å². The second-order valence-electron chi connectivity index (χ2n) is 12.1. The van der Waals surface area contributed by atoms with Crippen LogP contribution in [0.1, 0.15) is 89.9 Å². The molecule has 4 aliphatic rings. The fraction of sp³-hybridized carbons (Fsp3) is 0.889. The number of hydrogen-bond donors (Lipinski definition) is 2. The zero-order valence-corrected chi connectivity index (χ0v) is 23.2. The molecule has 2 aliphatic heterocycles. The van der Waals surface area contributed by atoms with Crippen molar-refractivity contribution in [1.29, 1.82) is 5.26 Å². The third-order valence-corrected chi connectivity index (χ3v) is 9.78. The van der Waals surface area contributed by atoms with Crippen molar-refractivity contribution < 1.29 is 18.0 Å². The van der Waals surface area contributed by atoms with Crippen molar-refractivity contribution in [2.45, 2.75) is 108 Å². The van der Waals surface area contributed by atoms with E-state index in [4.69, 9.17) is 0 Å². The monoisotopic (exact) mass is 535 g/mol. The minimum Gasteiger partial charge on any atom is -0.341 e. The molecule has 2 saturated carbocycles.